The van der Waals surface area contributed by atoms with Crippen LogP contribution in [-0.2, 0) is 6.61 Å². The monoisotopic (exact) mass is 363 g/mol. The van der Waals surface area contributed by atoms with Gasteiger partial charge in [0.15, 0.2) is 11.5 Å². The quantitative estimate of drug-likeness (QED) is 0.589. The zero-order chi connectivity index (χ0) is 19.2. The van der Waals surface area contributed by atoms with Gasteiger partial charge in [-0.15, -0.1) is 0 Å². The Bertz CT molecular complexity index is 907. The van der Waals surface area contributed by atoms with Crippen molar-refractivity contribution >= 4 is 11.4 Å². The van der Waals surface area contributed by atoms with Crippen molar-refractivity contribution in [1.29, 1.82) is 0 Å². The van der Waals surface area contributed by atoms with Gasteiger partial charge in [-0.1, -0.05) is 30.3 Å². The van der Waals surface area contributed by atoms with E-state index in [0.29, 0.717) is 18.1 Å². The number of hydrogen-bond donors (Lipinski definition) is 1. The Hall–Kier alpha value is -3.14. The second-order valence-corrected chi connectivity index (χ2v) is 6.39. The van der Waals surface area contributed by atoms with E-state index in [-0.39, 0.29) is 0 Å². The van der Waals surface area contributed by atoms with Gasteiger partial charge in [0.05, 0.1) is 14.2 Å². The van der Waals surface area contributed by atoms with Crippen LogP contribution in [0, 0.1) is 13.8 Å². The van der Waals surface area contributed by atoms with Crippen LogP contribution in [-0.4, -0.2) is 14.2 Å². The van der Waals surface area contributed by atoms with Crippen molar-refractivity contribution in [2.24, 2.45) is 0 Å². The average molecular weight is 363 g/mol. The topological polar surface area (TPSA) is 39.7 Å². The summed E-state index contributed by atoms with van der Waals surface area (Å²) < 4.78 is 16.9. The third-order valence-corrected chi connectivity index (χ3v) is 4.53. The standard InChI is InChI=1S/C23H25NO3/c1-16-12-20(14-22(26-4)17(16)2)24-19-10-11-21(25-3)23(13-19)27-15-18-8-6-5-7-9-18/h5-14,24H,15H2,1-4H3. The highest BCUT2D eigenvalue weighted by atomic mass is 16.5. The van der Waals surface area contributed by atoms with Gasteiger partial charge in [-0.3, -0.25) is 0 Å². The van der Waals surface area contributed by atoms with Crippen LogP contribution in [0.5, 0.6) is 17.2 Å². The fourth-order valence-corrected chi connectivity index (χ4v) is 2.88. The molecule has 0 aliphatic carbocycles. The number of benzene rings is 3. The van der Waals surface area contributed by atoms with Crippen LogP contribution in [0.2, 0.25) is 0 Å². The summed E-state index contributed by atoms with van der Waals surface area (Å²) in [5, 5.41) is 3.42. The fraction of sp³-hybridized carbons (Fsp3) is 0.217. The van der Waals surface area contributed by atoms with Crippen molar-refractivity contribution in [3.63, 3.8) is 0 Å². The van der Waals surface area contributed by atoms with Gasteiger partial charge in [-0.2, -0.15) is 0 Å². The Morgan fingerprint density at radius 2 is 1.44 bits per heavy atom. The average Bonchev–Trinajstić information content (AvgIpc) is 2.70. The molecule has 0 amide bonds. The highest BCUT2D eigenvalue weighted by Crippen LogP contribution is 2.33. The SMILES string of the molecule is COc1ccc(Nc2cc(C)c(C)c(OC)c2)cc1OCc1ccccc1. The molecule has 140 valence electrons. The summed E-state index contributed by atoms with van der Waals surface area (Å²) in [6, 6.07) is 20.0. The van der Waals surface area contributed by atoms with Crippen LogP contribution in [0.25, 0.3) is 0 Å². The first-order valence-corrected chi connectivity index (χ1v) is 8.87. The number of rotatable bonds is 7. The molecule has 0 saturated heterocycles. The van der Waals surface area contributed by atoms with Crippen molar-refractivity contribution in [2.45, 2.75) is 20.5 Å². The van der Waals surface area contributed by atoms with Gasteiger partial charge in [0, 0.05) is 23.5 Å². The molecular weight excluding hydrogens is 338 g/mol. The molecule has 0 saturated carbocycles. The Kier molecular flexibility index (Phi) is 5.87. The first kappa shape index (κ1) is 18.6. The largest absolute Gasteiger partial charge is 0.496 e. The maximum Gasteiger partial charge on any atom is 0.163 e. The number of anilines is 2. The molecule has 3 aromatic rings. The molecule has 3 aromatic carbocycles. The molecule has 0 aliphatic heterocycles. The minimum atomic E-state index is 0.484. The van der Waals surface area contributed by atoms with Crippen LogP contribution in [0.3, 0.4) is 0 Å². The van der Waals surface area contributed by atoms with Crippen molar-refractivity contribution < 1.29 is 14.2 Å². The van der Waals surface area contributed by atoms with Gasteiger partial charge in [0.25, 0.3) is 0 Å². The van der Waals surface area contributed by atoms with Gasteiger partial charge >= 0.3 is 0 Å². The fourth-order valence-electron chi connectivity index (χ4n) is 2.88. The molecule has 0 atom stereocenters. The van der Waals surface area contributed by atoms with Crippen molar-refractivity contribution in [2.75, 3.05) is 19.5 Å². The number of hydrogen-bond acceptors (Lipinski definition) is 4. The number of nitrogens with one attached hydrogen (secondary N) is 1. The molecule has 27 heavy (non-hydrogen) atoms. The predicted octanol–water partition coefficient (Wildman–Crippen LogP) is 5.64. The summed E-state index contributed by atoms with van der Waals surface area (Å²) in [5.74, 6) is 2.27. The second-order valence-electron chi connectivity index (χ2n) is 6.39. The minimum Gasteiger partial charge on any atom is -0.496 e. The van der Waals surface area contributed by atoms with Crippen LogP contribution in [0.15, 0.2) is 60.7 Å². The molecule has 0 aromatic heterocycles. The molecule has 0 spiro atoms. The molecule has 3 rings (SSSR count). The van der Waals surface area contributed by atoms with Gasteiger partial charge < -0.3 is 19.5 Å². The van der Waals surface area contributed by atoms with E-state index in [1.165, 1.54) is 5.56 Å². The number of ether oxygens (including phenoxy) is 3. The summed E-state index contributed by atoms with van der Waals surface area (Å²) in [6.07, 6.45) is 0. The van der Waals surface area contributed by atoms with Crippen LogP contribution >= 0.6 is 0 Å². The van der Waals surface area contributed by atoms with Gasteiger partial charge in [-0.25, -0.2) is 0 Å². The normalized spacial score (nSPS) is 10.4. The molecule has 4 nitrogen and oxygen atoms in total. The Labute approximate surface area is 160 Å². The molecule has 0 unspecified atom stereocenters. The molecule has 0 heterocycles. The zero-order valence-corrected chi connectivity index (χ0v) is 16.2. The molecule has 0 radical (unpaired) electrons. The summed E-state index contributed by atoms with van der Waals surface area (Å²) in [5.41, 5.74) is 5.31. The van der Waals surface area contributed by atoms with Gasteiger partial charge in [-0.05, 0) is 48.7 Å². The highest BCUT2D eigenvalue weighted by molar-refractivity contribution is 5.66. The lowest BCUT2D eigenvalue weighted by atomic mass is 10.1. The summed E-state index contributed by atoms with van der Waals surface area (Å²) in [7, 11) is 3.33. The van der Waals surface area contributed by atoms with Crippen LogP contribution < -0.4 is 19.5 Å². The summed E-state index contributed by atoms with van der Waals surface area (Å²) >= 11 is 0. The number of methoxy groups -OCH3 is 2. The van der Waals surface area contributed by atoms with Crippen LogP contribution in [0.1, 0.15) is 16.7 Å². The second kappa shape index (κ2) is 8.49. The van der Waals surface area contributed by atoms with Crippen LogP contribution in [0.4, 0.5) is 11.4 Å². The summed E-state index contributed by atoms with van der Waals surface area (Å²) in [4.78, 5) is 0. The van der Waals surface area contributed by atoms with Crippen molar-refractivity contribution in [3.05, 3.63) is 77.4 Å². The molecule has 0 aliphatic rings. The Morgan fingerprint density at radius 1 is 0.741 bits per heavy atom. The third-order valence-electron chi connectivity index (χ3n) is 4.53. The van der Waals surface area contributed by atoms with E-state index in [0.717, 1.165) is 28.3 Å². The maximum atomic E-state index is 5.99. The van der Waals surface area contributed by atoms with E-state index in [1.807, 2.05) is 54.6 Å². The smallest absolute Gasteiger partial charge is 0.163 e. The molecule has 1 N–H and O–H groups in total. The van der Waals surface area contributed by atoms with E-state index in [2.05, 4.69) is 25.2 Å². The molecular formula is C23H25NO3. The highest BCUT2D eigenvalue weighted by Gasteiger charge is 2.09. The Morgan fingerprint density at radius 3 is 2.15 bits per heavy atom. The first-order chi connectivity index (χ1) is 13.1. The van der Waals surface area contributed by atoms with E-state index >= 15 is 0 Å². The van der Waals surface area contributed by atoms with Gasteiger partial charge in [0.2, 0.25) is 0 Å². The molecule has 0 fully saturated rings. The number of aryl methyl sites for hydroxylation is 1. The van der Waals surface area contributed by atoms with E-state index in [9.17, 15) is 0 Å². The zero-order valence-electron chi connectivity index (χ0n) is 16.2. The van der Waals surface area contributed by atoms with E-state index in [1.54, 1.807) is 14.2 Å². The van der Waals surface area contributed by atoms with E-state index in [4.69, 9.17) is 14.2 Å². The van der Waals surface area contributed by atoms with Gasteiger partial charge in [0.1, 0.15) is 12.4 Å². The minimum absolute atomic E-state index is 0.484. The first-order valence-electron chi connectivity index (χ1n) is 8.87. The third kappa shape index (κ3) is 4.53. The lowest BCUT2D eigenvalue weighted by Gasteiger charge is -2.15. The molecule has 4 heteroatoms. The van der Waals surface area contributed by atoms with Crippen molar-refractivity contribution in [1.82, 2.24) is 0 Å². The Balaban J connectivity index is 1.81. The lowest BCUT2D eigenvalue weighted by Crippen LogP contribution is -1.99. The van der Waals surface area contributed by atoms with Crippen molar-refractivity contribution in [3.8, 4) is 17.2 Å². The summed E-state index contributed by atoms with van der Waals surface area (Å²) in [6.45, 7) is 4.62. The van der Waals surface area contributed by atoms with E-state index < -0.39 is 0 Å². The maximum absolute atomic E-state index is 5.99. The predicted molar refractivity (Wildman–Crippen MR) is 110 cm³/mol. The molecule has 0 bridgehead atoms. The lowest BCUT2D eigenvalue weighted by molar-refractivity contribution is 0.284.